The van der Waals surface area contributed by atoms with Crippen LogP contribution in [0.4, 0.5) is 0 Å². The molecule has 3 aromatic rings. The first-order chi connectivity index (χ1) is 14.5. The van der Waals surface area contributed by atoms with E-state index < -0.39 is 0 Å². The van der Waals surface area contributed by atoms with E-state index >= 15 is 0 Å². The van der Waals surface area contributed by atoms with Gasteiger partial charge in [0.05, 0.1) is 19.1 Å². The van der Waals surface area contributed by atoms with Crippen LogP contribution in [0, 0.1) is 0 Å². The molecule has 4 nitrogen and oxygen atoms in total. The van der Waals surface area contributed by atoms with Gasteiger partial charge in [0, 0.05) is 21.0 Å². The van der Waals surface area contributed by atoms with Gasteiger partial charge in [-0.1, -0.05) is 55.8 Å². The summed E-state index contributed by atoms with van der Waals surface area (Å²) in [6.45, 7) is 4.96. The van der Waals surface area contributed by atoms with E-state index in [0.717, 1.165) is 21.6 Å². The van der Waals surface area contributed by atoms with Crippen molar-refractivity contribution in [1.82, 2.24) is 5.32 Å². The molecule has 0 saturated heterocycles. The summed E-state index contributed by atoms with van der Waals surface area (Å²) < 4.78 is 11.0. The zero-order chi connectivity index (χ0) is 21.1. The van der Waals surface area contributed by atoms with E-state index in [1.54, 1.807) is 17.4 Å². The molecule has 4 rings (SSSR count). The molecule has 1 unspecified atom stereocenters. The van der Waals surface area contributed by atoms with Gasteiger partial charge in [0.25, 0.3) is 0 Å². The number of fused-ring (bicyclic) bond motifs is 1. The van der Waals surface area contributed by atoms with Gasteiger partial charge >= 0.3 is 0 Å². The third-order valence-electron chi connectivity index (χ3n) is 5.17. The van der Waals surface area contributed by atoms with Gasteiger partial charge in [0.15, 0.2) is 6.79 Å². The van der Waals surface area contributed by atoms with Gasteiger partial charge in [-0.05, 0) is 40.6 Å². The minimum atomic E-state index is -0.196. The van der Waals surface area contributed by atoms with Crippen LogP contribution in [-0.2, 0) is 22.6 Å². The Kier molecular flexibility index (Phi) is 6.42. The second-order valence-electron chi connectivity index (χ2n) is 7.68. The lowest BCUT2D eigenvalue weighted by Crippen LogP contribution is -2.30. The molecule has 1 N–H and O–H groups in total. The van der Waals surface area contributed by atoms with Gasteiger partial charge < -0.3 is 14.8 Å². The largest absolute Gasteiger partial charge is 0.467 e. The number of carbonyl (C=O) groups is 1. The first-order valence-corrected chi connectivity index (χ1v) is 11.2. The van der Waals surface area contributed by atoms with Crippen LogP contribution in [-0.4, -0.2) is 12.7 Å². The summed E-state index contributed by atoms with van der Waals surface area (Å²) in [5.41, 5.74) is 3.99. The fourth-order valence-electron chi connectivity index (χ4n) is 3.62. The van der Waals surface area contributed by atoms with Gasteiger partial charge in [-0.3, -0.25) is 4.79 Å². The van der Waals surface area contributed by atoms with Crippen LogP contribution in [0.5, 0.6) is 5.75 Å². The molecule has 1 aliphatic rings. The third kappa shape index (κ3) is 4.69. The van der Waals surface area contributed by atoms with E-state index in [0.29, 0.717) is 23.3 Å². The third-order valence-corrected chi connectivity index (χ3v) is 6.33. The van der Waals surface area contributed by atoms with Gasteiger partial charge in [-0.2, -0.15) is 0 Å². The molecule has 1 aliphatic heterocycles. The Balaban J connectivity index is 1.57. The molecule has 2 heterocycles. The van der Waals surface area contributed by atoms with Gasteiger partial charge in [0.2, 0.25) is 5.91 Å². The van der Waals surface area contributed by atoms with Crippen molar-refractivity contribution in [3.8, 4) is 5.75 Å². The van der Waals surface area contributed by atoms with Gasteiger partial charge in [0.1, 0.15) is 5.75 Å². The van der Waals surface area contributed by atoms with Crippen LogP contribution in [0.15, 0.2) is 53.9 Å². The molecule has 0 aliphatic carbocycles. The monoisotopic (exact) mass is 441 g/mol. The fourth-order valence-corrected chi connectivity index (χ4v) is 4.69. The predicted octanol–water partition coefficient (Wildman–Crippen LogP) is 5.84. The van der Waals surface area contributed by atoms with Crippen LogP contribution in [0.25, 0.3) is 0 Å². The second kappa shape index (κ2) is 9.21. The van der Waals surface area contributed by atoms with Gasteiger partial charge in [-0.25, -0.2) is 0 Å². The van der Waals surface area contributed by atoms with E-state index in [9.17, 15) is 4.79 Å². The van der Waals surface area contributed by atoms with Crippen LogP contribution >= 0.6 is 22.9 Å². The summed E-state index contributed by atoms with van der Waals surface area (Å²) in [7, 11) is 0. The van der Waals surface area contributed by atoms with Crippen LogP contribution in [0.3, 0.4) is 0 Å². The van der Waals surface area contributed by atoms with Crippen LogP contribution in [0.2, 0.25) is 5.02 Å². The number of nitrogens with one attached hydrogen (secondary N) is 1. The van der Waals surface area contributed by atoms with Crippen molar-refractivity contribution in [2.45, 2.75) is 38.8 Å². The highest BCUT2D eigenvalue weighted by atomic mass is 35.5. The second-order valence-corrected chi connectivity index (χ2v) is 9.09. The fraction of sp³-hybridized carbons (Fsp3) is 0.292. The molecule has 0 radical (unpaired) electrons. The maximum atomic E-state index is 13.0. The first kappa shape index (κ1) is 20.9. The van der Waals surface area contributed by atoms with E-state index in [1.165, 1.54) is 5.56 Å². The van der Waals surface area contributed by atoms with E-state index in [2.05, 4.69) is 43.4 Å². The molecule has 0 fully saturated rings. The van der Waals surface area contributed by atoms with Crippen molar-refractivity contribution < 1.29 is 14.3 Å². The van der Waals surface area contributed by atoms with Crippen LogP contribution in [0.1, 0.15) is 52.9 Å². The number of amides is 1. The Bertz CT molecular complexity index is 1020. The lowest BCUT2D eigenvalue weighted by atomic mass is 9.98. The van der Waals surface area contributed by atoms with E-state index in [4.69, 9.17) is 21.1 Å². The average Bonchev–Trinajstić information content (AvgIpc) is 3.26. The van der Waals surface area contributed by atoms with Gasteiger partial charge in [-0.15, -0.1) is 11.3 Å². The molecule has 1 amide bonds. The zero-order valence-corrected chi connectivity index (χ0v) is 18.6. The minimum absolute atomic E-state index is 0.0825. The molecule has 156 valence electrons. The van der Waals surface area contributed by atoms with Crippen molar-refractivity contribution in [1.29, 1.82) is 0 Å². The maximum absolute atomic E-state index is 13.0. The summed E-state index contributed by atoms with van der Waals surface area (Å²) >= 11 is 7.88. The highest BCUT2D eigenvalue weighted by molar-refractivity contribution is 7.10. The number of benzene rings is 2. The predicted molar refractivity (Wildman–Crippen MR) is 120 cm³/mol. The molecule has 6 heteroatoms. The molecule has 30 heavy (non-hydrogen) atoms. The van der Waals surface area contributed by atoms with Crippen molar-refractivity contribution in [3.63, 3.8) is 0 Å². The average molecular weight is 442 g/mol. The Morgan fingerprint density at radius 2 is 1.93 bits per heavy atom. The van der Waals surface area contributed by atoms with Crippen molar-refractivity contribution in [3.05, 3.63) is 86.1 Å². The summed E-state index contributed by atoms with van der Waals surface area (Å²) in [6, 6.07) is 15.9. The molecule has 0 spiro atoms. The molecule has 1 atom stereocenters. The number of hydrogen-bond acceptors (Lipinski definition) is 4. The SMILES string of the molecule is CC(C)c1ccc(C(NC(=O)Cc2cc(Cl)cc3c2OCOC3)c2cccs2)cc1. The first-order valence-electron chi connectivity index (χ1n) is 9.95. The standard InChI is InChI=1S/C24H24ClNO3S/c1-15(2)16-5-7-17(8-6-16)23(21-4-3-9-30-21)26-22(27)12-18-10-20(25)11-19-13-28-14-29-24(18)19/h3-11,15,23H,12-14H2,1-2H3,(H,26,27). The molecular formula is C24H24ClNO3S. The Morgan fingerprint density at radius 1 is 1.17 bits per heavy atom. The van der Waals surface area contributed by atoms with E-state index in [-0.39, 0.29) is 25.2 Å². The Morgan fingerprint density at radius 3 is 2.63 bits per heavy atom. The van der Waals surface area contributed by atoms with Crippen LogP contribution < -0.4 is 10.1 Å². The smallest absolute Gasteiger partial charge is 0.225 e. The Labute approximate surface area is 185 Å². The quantitative estimate of drug-likeness (QED) is 0.522. The summed E-state index contributed by atoms with van der Waals surface area (Å²) in [4.78, 5) is 14.1. The molecule has 0 saturated carbocycles. The van der Waals surface area contributed by atoms with Crippen molar-refractivity contribution in [2.75, 3.05) is 6.79 Å². The molecule has 2 aromatic carbocycles. The molecule has 1 aromatic heterocycles. The number of thiophene rings is 1. The summed E-state index contributed by atoms with van der Waals surface area (Å²) in [6.07, 6.45) is 0.189. The summed E-state index contributed by atoms with van der Waals surface area (Å²) in [5, 5.41) is 5.80. The topological polar surface area (TPSA) is 47.6 Å². The molecule has 0 bridgehead atoms. The Hall–Kier alpha value is -2.34. The highest BCUT2D eigenvalue weighted by Gasteiger charge is 2.22. The number of halogens is 1. The highest BCUT2D eigenvalue weighted by Crippen LogP contribution is 2.33. The number of ether oxygens (including phenoxy) is 2. The number of hydrogen-bond donors (Lipinski definition) is 1. The van der Waals surface area contributed by atoms with Crippen molar-refractivity contribution >= 4 is 28.8 Å². The van der Waals surface area contributed by atoms with E-state index in [1.807, 2.05) is 23.6 Å². The lowest BCUT2D eigenvalue weighted by Gasteiger charge is -2.22. The maximum Gasteiger partial charge on any atom is 0.225 e. The minimum Gasteiger partial charge on any atom is -0.467 e. The normalized spacial score (nSPS) is 14.1. The summed E-state index contributed by atoms with van der Waals surface area (Å²) in [5.74, 6) is 1.09. The number of rotatable bonds is 6. The molecular weight excluding hydrogens is 418 g/mol. The lowest BCUT2D eigenvalue weighted by molar-refractivity contribution is -0.121. The zero-order valence-electron chi connectivity index (χ0n) is 17.0. The number of carbonyl (C=O) groups excluding carboxylic acids is 1. The van der Waals surface area contributed by atoms with Crippen molar-refractivity contribution in [2.24, 2.45) is 0 Å².